The Morgan fingerprint density at radius 3 is 0.397 bits per heavy atom. The van der Waals surface area contributed by atoms with Crippen LogP contribution in [0.1, 0.15) is 0 Å². The van der Waals surface area contributed by atoms with E-state index in [0.717, 1.165) is 0 Å². The molecule has 0 aromatic rings. The molecule has 0 spiro atoms. The van der Waals surface area contributed by atoms with Crippen molar-refractivity contribution in [2.45, 2.75) is 0 Å². The van der Waals surface area contributed by atoms with Crippen LogP contribution < -0.4 is 21.3 Å². The summed E-state index contributed by atoms with van der Waals surface area (Å²) in [5, 5.41) is 120. The van der Waals surface area contributed by atoms with Gasteiger partial charge in [0, 0.05) is 241 Å². The fourth-order valence-electron chi connectivity index (χ4n) is 13.6. The van der Waals surface area contributed by atoms with Crippen LogP contribution in [0.3, 0.4) is 0 Å². The molecule has 4 heterocycles. The summed E-state index contributed by atoms with van der Waals surface area (Å²) in [6, 6.07) is 0. The Labute approximate surface area is 671 Å². The number of carbonyl (C=O) groups is 16. The lowest BCUT2D eigenvalue weighted by atomic mass is 9.86. The van der Waals surface area contributed by atoms with E-state index in [0.29, 0.717) is 6.29 Å². The van der Waals surface area contributed by atoms with Crippen molar-refractivity contribution in [1.29, 1.82) is 0 Å². The van der Waals surface area contributed by atoms with Crippen LogP contribution in [-0.4, -0.2) is 570 Å². The molecule has 4 fully saturated rings. The van der Waals surface area contributed by atoms with Crippen molar-refractivity contribution >= 4 is 95.6 Å². The van der Waals surface area contributed by atoms with Crippen molar-refractivity contribution in [1.82, 2.24) is 99.7 Å². The summed E-state index contributed by atoms with van der Waals surface area (Å²) in [6.45, 7) is -7.05. The van der Waals surface area contributed by atoms with Gasteiger partial charge in [-0.05, 0) is 0 Å². The maximum atomic E-state index is 14.9. The standard InChI is InChI=1S/C69H120N20O27/c90-34-33-74-1-3-75(5-12-80(40-59(97)98)20-19-79(4-2-74)39-58(95)96)35-54(91)70-50-69(51-71-55(92)36-76-6-13-81(41-60(99)100)21-27-87(47-66(111)112)28-22-82(14-7-76)42-61(101)102,52-72-56(93)37-77-8-15-83(43-62(103)104)23-29-88(48-67(113)114)30-24-84(16-9-77)44-63(105)106)53-73-57(94)38-78-10-17-85(45-64(107)108)25-31-89(49-68(115)116)32-26-86(18-11-78)46-65(109)110/h34H,1-33,35-53H2,(H,70,91)(H,71,92)(H,72,93)(H,73,94)(H,95,96)(H,97,98)(H,99,100)(H,101,102)(H,103,104)(H,105,106)(H,107,108)(H,109,110)(H,111,112)(H,113,114)(H,115,116). The van der Waals surface area contributed by atoms with Crippen molar-refractivity contribution < 1.29 is 133 Å². The number of hydrogen-bond acceptors (Lipinski definition) is 32. The third-order valence-corrected chi connectivity index (χ3v) is 20.1. The van der Waals surface area contributed by atoms with E-state index >= 15 is 0 Å². The summed E-state index contributed by atoms with van der Waals surface area (Å²) in [5.74, 6) is -15.9. The highest BCUT2D eigenvalue weighted by molar-refractivity contribution is 5.81. The van der Waals surface area contributed by atoms with Gasteiger partial charge in [0.1, 0.15) is 6.29 Å². The first kappa shape index (κ1) is 99.4. The van der Waals surface area contributed by atoms with E-state index in [1.807, 2.05) is 0 Å². The zero-order chi connectivity index (χ0) is 85.7. The van der Waals surface area contributed by atoms with E-state index in [4.69, 9.17) is 0 Å². The van der Waals surface area contributed by atoms with E-state index in [1.54, 1.807) is 78.4 Å². The van der Waals surface area contributed by atoms with Gasteiger partial charge in [-0.1, -0.05) is 0 Å². The van der Waals surface area contributed by atoms with Crippen LogP contribution in [-0.2, 0) is 76.7 Å². The number of carboxylic acids is 11. The maximum absolute atomic E-state index is 14.9. The van der Waals surface area contributed by atoms with Gasteiger partial charge in [-0.2, -0.15) is 0 Å². The number of hydrogen-bond donors (Lipinski definition) is 15. The van der Waals surface area contributed by atoms with Crippen molar-refractivity contribution in [2.24, 2.45) is 5.41 Å². The number of rotatable bonds is 40. The first-order valence-electron chi connectivity index (χ1n) is 38.5. The molecule has 0 unspecified atom stereocenters. The predicted molar refractivity (Wildman–Crippen MR) is 408 cm³/mol. The highest BCUT2D eigenvalue weighted by atomic mass is 16.4. The average molecular weight is 1660 g/mol. The highest BCUT2D eigenvalue weighted by Crippen LogP contribution is 2.16. The highest BCUT2D eigenvalue weighted by Gasteiger charge is 2.36. The molecule has 0 bridgehead atoms. The average Bonchev–Trinajstić information content (AvgIpc) is 0.844. The van der Waals surface area contributed by atoms with E-state index in [-0.39, 0.29) is 223 Å². The second kappa shape index (κ2) is 54.1. The molecule has 0 saturated carbocycles. The van der Waals surface area contributed by atoms with Gasteiger partial charge in [-0.15, -0.1) is 0 Å². The normalized spacial score (nSPS) is 19.7. The minimum Gasteiger partial charge on any atom is -0.480 e. The Morgan fingerprint density at radius 2 is 0.293 bits per heavy atom. The summed E-state index contributed by atoms with van der Waals surface area (Å²) in [6.07, 6.45) is 0.664. The number of aldehydes is 1. The monoisotopic (exact) mass is 1660 g/mol. The minimum absolute atomic E-state index is 0.00188. The summed E-state index contributed by atoms with van der Waals surface area (Å²) < 4.78 is 0. The molecule has 4 amide bonds. The molecule has 15 N–H and O–H groups in total. The first-order valence-corrected chi connectivity index (χ1v) is 38.5. The Morgan fingerprint density at radius 1 is 0.190 bits per heavy atom. The maximum Gasteiger partial charge on any atom is 0.317 e. The molecule has 658 valence electrons. The zero-order valence-electron chi connectivity index (χ0n) is 66.0. The Kier molecular flexibility index (Phi) is 46.4. The van der Waals surface area contributed by atoms with Crippen LogP contribution in [0.15, 0.2) is 0 Å². The second-order valence-corrected chi connectivity index (χ2v) is 29.5. The number of carbonyl (C=O) groups excluding carboxylic acids is 5. The summed E-state index contributed by atoms with van der Waals surface area (Å²) in [5.41, 5.74) is -1.71. The van der Waals surface area contributed by atoms with Crippen LogP contribution in [0.4, 0.5) is 0 Å². The van der Waals surface area contributed by atoms with Crippen LogP contribution in [0.25, 0.3) is 0 Å². The number of carboxylic acid groups (broad SMARTS) is 11. The topological polar surface area (TPSA) is 596 Å². The van der Waals surface area contributed by atoms with Crippen LogP contribution in [0.2, 0.25) is 0 Å². The van der Waals surface area contributed by atoms with Gasteiger partial charge in [0.05, 0.1) is 105 Å². The molecular formula is C69H120N20O27. The van der Waals surface area contributed by atoms with Gasteiger partial charge >= 0.3 is 65.7 Å². The van der Waals surface area contributed by atoms with E-state index in [2.05, 4.69) is 21.3 Å². The number of amides is 4. The molecule has 0 aromatic carbocycles. The summed E-state index contributed by atoms with van der Waals surface area (Å²) in [7, 11) is 0. The molecule has 0 radical (unpaired) electrons. The van der Waals surface area contributed by atoms with E-state index in [9.17, 15) is 133 Å². The molecule has 116 heavy (non-hydrogen) atoms. The van der Waals surface area contributed by atoms with Gasteiger partial charge < -0.3 is 82.2 Å². The Hall–Kier alpha value is -8.92. The van der Waals surface area contributed by atoms with Crippen molar-refractivity contribution in [3.63, 3.8) is 0 Å². The largest absolute Gasteiger partial charge is 0.480 e. The van der Waals surface area contributed by atoms with Gasteiger partial charge in [0.25, 0.3) is 0 Å². The molecule has 47 heteroatoms. The lowest BCUT2D eigenvalue weighted by Crippen LogP contribution is -2.59. The smallest absolute Gasteiger partial charge is 0.317 e. The Balaban J connectivity index is 1.88. The molecule has 0 aliphatic carbocycles. The summed E-state index contributed by atoms with van der Waals surface area (Å²) >= 11 is 0. The van der Waals surface area contributed by atoms with Gasteiger partial charge in [0.2, 0.25) is 23.6 Å². The lowest BCUT2D eigenvalue weighted by molar-refractivity contribution is -0.140. The number of nitrogens with one attached hydrogen (secondary N) is 4. The van der Waals surface area contributed by atoms with Gasteiger partial charge in [-0.3, -0.25) is 150 Å². The van der Waals surface area contributed by atoms with Crippen molar-refractivity contribution in [2.75, 3.05) is 340 Å². The van der Waals surface area contributed by atoms with Crippen LogP contribution in [0.5, 0.6) is 0 Å². The predicted octanol–water partition coefficient (Wildman–Crippen LogP) is -11.5. The summed E-state index contributed by atoms with van der Waals surface area (Å²) in [4.78, 5) is 230. The molecule has 0 atom stereocenters. The quantitative estimate of drug-likeness (QED) is 0.0253. The SMILES string of the molecule is O=CCN1CCN(CC(=O)O)CCN(CC(=O)O)CCN(CC(=O)NCC(CNC(=O)CN2CCN(CC(=O)O)CCN(CC(=O)O)CCN(CC(=O)O)CC2)(CNC(=O)CN2CCN(CC(=O)O)CCN(CC(=O)O)CCN(CC(=O)O)CC2)CNC(=O)CN2CCN(CC(=O)O)CCN(CC(=O)O)CCN(CC(=O)O)CC2)CC1. The molecule has 4 aliphatic heterocycles. The van der Waals surface area contributed by atoms with E-state index < -0.39 is 213 Å². The molecule has 47 nitrogen and oxygen atoms in total. The fourth-order valence-corrected chi connectivity index (χ4v) is 13.6. The van der Waals surface area contributed by atoms with Gasteiger partial charge in [-0.25, -0.2) is 0 Å². The number of nitrogens with zero attached hydrogens (tertiary/aromatic N) is 16. The first-order chi connectivity index (χ1) is 55.0. The molecule has 4 aliphatic rings. The fraction of sp³-hybridized carbons (Fsp3) is 0.768. The Bertz CT molecular complexity index is 2870. The third-order valence-electron chi connectivity index (χ3n) is 20.1. The minimum atomic E-state index is -1.71. The van der Waals surface area contributed by atoms with Gasteiger partial charge in [0.15, 0.2) is 0 Å². The van der Waals surface area contributed by atoms with Crippen molar-refractivity contribution in [3.05, 3.63) is 0 Å². The molecular weight excluding hydrogens is 1540 g/mol. The zero-order valence-corrected chi connectivity index (χ0v) is 66.0. The lowest BCUT2D eigenvalue weighted by Gasteiger charge is -2.37. The van der Waals surface area contributed by atoms with Crippen LogP contribution >= 0.6 is 0 Å². The molecule has 4 rings (SSSR count). The van der Waals surface area contributed by atoms with E-state index in [1.165, 1.54) is 0 Å². The number of aliphatic carboxylic acids is 11. The van der Waals surface area contributed by atoms with Crippen molar-refractivity contribution in [3.8, 4) is 0 Å². The van der Waals surface area contributed by atoms with Crippen LogP contribution in [0, 0.1) is 5.41 Å². The molecule has 4 saturated heterocycles. The second-order valence-electron chi connectivity index (χ2n) is 29.5. The third kappa shape index (κ3) is 45.6. The molecule has 0 aromatic heterocycles.